The van der Waals surface area contributed by atoms with Crippen molar-refractivity contribution in [3.05, 3.63) is 22.9 Å². The van der Waals surface area contributed by atoms with Crippen LogP contribution in [0.1, 0.15) is 56.4 Å². The summed E-state index contributed by atoms with van der Waals surface area (Å²) in [5, 5.41) is 3.32. The topological polar surface area (TPSA) is 28.2 Å². The Morgan fingerprint density at radius 2 is 1.95 bits per heavy atom. The van der Waals surface area contributed by atoms with Crippen LogP contribution in [0.2, 0.25) is 0 Å². The van der Waals surface area contributed by atoms with Gasteiger partial charge in [0.15, 0.2) is 0 Å². The molecule has 2 rings (SSSR count). The van der Waals surface area contributed by atoms with Gasteiger partial charge in [0.1, 0.15) is 5.82 Å². The summed E-state index contributed by atoms with van der Waals surface area (Å²) in [5.74, 6) is 1.89. The van der Waals surface area contributed by atoms with Crippen LogP contribution in [-0.4, -0.2) is 24.6 Å². The zero-order valence-electron chi connectivity index (χ0n) is 14.4. The number of aryl methyl sites for hydroxylation is 2. The highest BCUT2D eigenvalue weighted by atomic mass is 15.2. The molecule has 0 saturated heterocycles. The third-order valence-electron chi connectivity index (χ3n) is 4.41. The molecule has 3 heteroatoms. The quantitative estimate of drug-likeness (QED) is 0.863. The summed E-state index contributed by atoms with van der Waals surface area (Å²) in [6.07, 6.45) is 5.37. The first-order valence-electron chi connectivity index (χ1n) is 8.41. The number of nitrogens with one attached hydrogen (secondary N) is 1. The fourth-order valence-electron chi connectivity index (χ4n) is 3.49. The molecule has 0 unspecified atom stereocenters. The summed E-state index contributed by atoms with van der Waals surface area (Å²) >= 11 is 0. The molecule has 1 aliphatic carbocycles. The lowest BCUT2D eigenvalue weighted by molar-refractivity contribution is 0.528. The van der Waals surface area contributed by atoms with Gasteiger partial charge < -0.3 is 10.2 Å². The van der Waals surface area contributed by atoms with Crippen LogP contribution >= 0.6 is 0 Å². The van der Waals surface area contributed by atoms with E-state index in [1.807, 2.05) is 7.05 Å². The Morgan fingerprint density at radius 1 is 1.29 bits per heavy atom. The van der Waals surface area contributed by atoms with Crippen molar-refractivity contribution in [3.63, 3.8) is 0 Å². The molecule has 0 aromatic carbocycles. The lowest BCUT2D eigenvalue weighted by atomic mass is 10.0. The van der Waals surface area contributed by atoms with E-state index in [1.54, 1.807) is 0 Å². The van der Waals surface area contributed by atoms with Crippen LogP contribution in [0.3, 0.4) is 0 Å². The minimum Gasteiger partial charge on any atom is -0.353 e. The van der Waals surface area contributed by atoms with E-state index in [0.29, 0.717) is 12.0 Å². The number of nitrogens with zero attached hydrogens (tertiary/aromatic N) is 2. The molecule has 0 spiro atoms. The van der Waals surface area contributed by atoms with Crippen molar-refractivity contribution in [2.45, 2.75) is 66.0 Å². The molecule has 118 valence electrons. The van der Waals surface area contributed by atoms with Crippen LogP contribution in [0.4, 0.5) is 5.82 Å². The Labute approximate surface area is 130 Å². The Kier molecular flexibility index (Phi) is 5.63. The van der Waals surface area contributed by atoms with Crippen LogP contribution in [-0.2, 0) is 6.54 Å². The van der Waals surface area contributed by atoms with Crippen LogP contribution in [0.5, 0.6) is 0 Å². The van der Waals surface area contributed by atoms with E-state index < -0.39 is 0 Å². The van der Waals surface area contributed by atoms with Crippen molar-refractivity contribution in [2.75, 3.05) is 18.5 Å². The normalized spacial score (nSPS) is 15.9. The Hall–Kier alpha value is -1.09. The zero-order chi connectivity index (χ0) is 15.4. The second-order valence-corrected chi connectivity index (χ2v) is 6.90. The zero-order valence-corrected chi connectivity index (χ0v) is 14.4. The molecule has 3 nitrogen and oxygen atoms in total. The number of anilines is 1. The summed E-state index contributed by atoms with van der Waals surface area (Å²) in [5.41, 5.74) is 3.86. The van der Waals surface area contributed by atoms with Gasteiger partial charge in [-0.25, -0.2) is 4.98 Å². The number of hydrogen-bond acceptors (Lipinski definition) is 3. The van der Waals surface area contributed by atoms with Crippen LogP contribution in [0.15, 0.2) is 6.07 Å². The molecule has 1 heterocycles. The maximum Gasteiger partial charge on any atom is 0.133 e. The van der Waals surface area contributed by atoms with Crippen molar-refractivity contribution in [3.8, 4) is 0 Å². The van der Waals surface area contributed by atoms with Gasteiger partial charge >= 0.3 is 0 Å². The van der Waals surface area contributed by atoms with Gasteiger partial charge in [0.25, 0.3) is 0 Å². The van der Waals surface area contributed by atoms with Gasteiger partial charge in [0.2, 0.25) is 0 Å². The molecule has 1 aliphatic rings. The SMILES string of the molecule is CNCc1c(C)cc(C)nc1N(CC(C)C)C1CCCC1. The second-order valence-electron chi connectivity index (χ2n) is 6.90. The van der Waals surface area contributed by atoms with E-state index >= 15 is 0 Å². The molecule has 0 aliphatic heterocycles. The van der Waals surface area contributed by atoms with Crippen molar-refractivity contribution in [1.82, 2.24) is 10.3 Å². The van der Waals surface area contributed by atoms with Crippen LogP contribution in [0.25, 0.3) is 0 Å². The number of hydrogen-bond donors (Lipinski definition) is 1. The first-order valence-corrected chi connectivity index (χ1v) is 8.41. The van der Waals surface area contributed by atoms with E-state index in [9.17, 15) is 0 Å². The maximum absolute atomic E-state index is 4.94. The van der Waals surface area contributed by atoms with E-state index in [2.05, 4.69) is 44.0 Å². The standard InChI is InChI=1S/C18H31N3/c1-13(2)12-21(16-8-6-7-9-16)18-17(11-19-5)14(3)10-15(4)20-18/h10,13,16,19H,6-9,11-12H2,1-5H3. The van der Waals surface area contributed by atoms with Gasteiger partial charge in [-0.1, -0.05) is 26.7 Å². The molecule has 0 bridgehead atoms. The van der Waals surface area contributed by atoms with E-state index in [-0.39, 0.29) is 0 Å². The fraction of sp³-hybridized carbons (Fsp3) is 0.722. The molecule has 21 heavy (non-hydrogen) atoms. The minimum atomic E-state index is 0.663. The third kappa shape index (κ3) is 3.97. The minimum absolute atomic E-state index is 0.663. The lowest BCUT2D eigenvalue weighted by Gasteiger charge is -2.34. The van der Waals surface area contributed by atoms with E-state index in [0.717, 1.165) is 18.8 Å². The predicted molar refractivity (Wildman–Crippen MR) is 90.9 cm³/mol. The van der Waals surface area contributed by atoms with Gasteiger partial charge in [-0.3, -0.25) is 0 Å². The molecule has 1 saturated carbocycles. The van der Waals surface area contributed by atoms with Crippen molar-refractivity contribution < 1.29 is 0 Å². The smallest absolute Gasteiger partial charge is 0.133 e. The summed E-state index contributed by atoms with van der Waals surface area (Å²) in [4.78, 5) is 7.54. The Balaban J connectivity index is 2.41. The van der Waals surface area contributed by atoms with Gasteiger partial charge in [-0.2, -0.15) is 0 Å². The first kappa shape index (κ1) is 16.3. The summed E-state index contributed by atoms with van der Waals surface area (Å²) < 4.78 is 0. The van der Waals surface area contributed by atoms with Crippen molar-refractivity contribution in [1.29, 1.82) is 0 Å². The van der Waals surface area contributed by atoms with E-state index in [4.69, 9.17) is 4.98 Å². The molecule has 0 atom stereocenters. The maximum atomic E-state index is 4.94. The molecule has 1 fully saturated rings. The number of pyridine rings is 1. The second kappa shape index (κ2) is 7.26. The van der Waals surface area contributed by atoms with Crippen LogP contribution in [0, 0.1) is 19.8 Å². The van der Waals surface area contributed by atoms with Crippen molar-refractivity contribution in [2.24, 2.45) is 5.92 Å². The summed E-state index contributed by atoms with van der Waals surface area (Å²) in [7, 11) is 2.02. The highest BCUT2D eigenvalue weighted by molar-refractivity contribution is 5.52. The average molecular weight is 289 g/mol. The number of rotatable bonds is 6. The molecule has 0 amide bonds. The van der Waals surface area contributed by atoms with Gasteiger partial charge in [0, 0.05) is 30.4 Å². The molecular formula is C18H31N3. The molecule has 1 N–H and O–H groups in total. The van der Waals surface area contributed by atoms with E-state index in [1.165, 1.54) is 42.6 Å². The van der Waals surface area contributed by atoms with Crippen molar-refractivity contribution >= 4 is 5.82 Å². The van der Waals surface area contributed by atoms with Gasteiger partial charge in [0.05, 0.1) is 0 Å². The summed E-state index contributed by atoms with van der Waals surface area (Å²) in [6.45, 7) is 11.0. The Morgan fingerprint density at radius 3 is 2.52 bits per heavy atom. The fourth-order valence-corrected chi connectivity index (χ4v) is 3.49. The average Bonchev–Trinajstić information content (AvgIpc) is 2.92. The number of aromatic nitrogens is 1. The lowest BCUT2D eigenvalue weighted by Crippen LogP contribution is -2.38. The van der Waals surface area contributed by atoms with Gasteiger partial charge in [-0.15, -0.1) is 0 Å². The Bertz CT molecular complexity index is 462. The molecular weight excluding hydrogens is 258 g/mol. The molecule has 1 aromatic rings. The first-order chi connectivity index (χ1) is 10.0. The third-order valence-corrected chi connectivity index (χ3v) is 4.41. The van der Waals surface area contributed by atoms with Crippen LogP contribution < -0.4 is 10.2 Å². The predicted octanol–water partition coefficient (Wildman–Crippen LogP) is 3.82. The highest BCUT2D eigenvalue weighted by Crippen LogP contribution is 2.31. The highest BCUT2D eigenvalue weighted by Gasteiger charge is 2.26. The monoisotopic (exact) mass is 289 g/mol. The molecule has 1 aromatic heterocycles. The molecule has 0 radical (unpaired) electrons. The van der Waals surface area contributed by atoms with Gasteiger partial charge in [-0.05, 0) is 51.3 Å². The summed E-state index contributed by atoms with van der Waals surface area (Å²) in [6, 6.07) is 2.88. The largest absolute Gasteiger partial charge is 0.353 e.